The van der Waals surface area contributed by atoms with Crippen LogP contribution in [-0.4, -0.2) is 88.0 Å². The lowest BCUT2D eigenvalue weighted by atomic mass is 9.70. The number of aliphatic hydroxyl groups is 1. The summed E-state index contributed by atoms with van der Waals surface area (Å²) in [5, 5.41) is 9.96. The van der Waals surface area contributed by atoms with Crippen LogP contribution in [0.15, 0.2) is 79.9 Å². The van der Waals surface area contributed by atoms with Crippen LogP contribution in [0.25, 0.3) is 0 Å². The first-order valence-corrected chi connectivity index (χ1v) is 15.5. The van der Waals surface area contributed by atoms with Crippen molar-refractivity contribution < 1.29 is 29.0 Å². The van der Waals surface area contributed by atoms with Gasteiger partial charge in [-0.05, 0) is 43.2 Å². The minimum atomic E-state index is -1.22. The van der Waals surface area contributed by atoms with Gasteiger partial charge < -0.3 is 29.3 Å². The van der Waals surface area contributed by atoms with Crippen molar-refractivity contribution in [3.05, 3.63) is 85.5 Å². The third-order valence-electron chi connectivity index (χ3n) is 8.56. The molecule has 228 valence electrons. The number of hydrogen-bond donors (Lipinski definition) is 1. The molecule has 3 heterocycles. The number of benzene rings is 2. The van der Waals surface area contributed by atoms with Gasteiger partial charge in [-0.2, -0.15) is 0 Å². The highest BCUT2D eigenvalue weighted by molar-refractivity contribution is 9.09. The Labute approximate surface area is 260 Å². The Morgan fingerprint density at radius 2 is 1.81 bits per heavy atom. The van der Waals surface area contributed by atoms with Gasteiger partial charge in [0, 0.05) is 36.7 Å². The van der Waals surface area contributed by atoms with Crippen LogP contribution in [0.3, 0.4) is 0 Å². The summed E-state index contributed by atoms with van der Waals surface area (Å²) < 4.78 is 12.2. The molecular weight excluding hydrogens is 614 g/mol. The number of carbonyl (C=O) groups excluding carboxylic acids is 3. The standard InChI is InChI=1S/C33H38BrN3O6/c1-4-16-35(21-22-10-8-7-9-11-22)32(41)29-33-20-25(34)28(43-33)26(27(33)31(40)37(29)18-19-38)30(39)36(17-5-2)23-12-14-24(15-13-23)42-6-3/h4-5,7-15,25-29,38H,1-2,6,16-21H2,3H3/t25?,26-,27+,28-,29?,33?/m1/s1. The summed E-state index contributed by atoms with van der Waals surface area (Å²) in [6.07, 6.45) is 3.07. The molecule has 6 atom stereocenters. The molecule has 43 heavy (non-hydrogen) atoms. The summed E-state index contributed by atoms with van der Waals surface area (Å²) in [7, 11) is 0. The van der Waals surface area contributed by atoms with Crippen molar-refractivity contribution in [1.82, 2.24) is 9.80 Å². The highest BCUT2D eigenvalue weighted by Crippen LogP contribution is 2.60. The van der Waals surface area contributed by atoms with E-state index in [1.54, 1.807) is 46.2 Å². The minimum absolute atomic E-state index is 0.0437. The molecule has 1 spiro atoms. The molecule has 1 N–H and O–H groups in total. The van der Waals surface area contributed by atoms with Gasteiger partial charge in [0.2, 0.25) is 17.7 Å². The number of aliphatic hydroxyl groups excluding tert-OH is 1. The summed E-state index contributed by atoms with van der Waals surface area (Å²) in [6, 6.07) is 15.8. The quantitative estimate of drug-likeness (QED) is 0.263. The molecule has 2 aromatic carbocycles. The molecule has 2 bridgehead atoms. The first-order chi connectivity index (χ1) is 20.8. The molecule has 3 amide bonds. The fraction of sp³-hybridized carbons (Fsp3) is 0.424. The number of β-amino-alcohol motifs (C(OH)–C–C–N with tert-alkyl or cyclic N) is 1. The van der Waals surface area contributed by atoms with Gasteiger partial charge in [0.25, 0.3) is 0 Å². The van der Waals surface area contributed by atoms with E-state index in [4.69, 9.17) is 9.47 Å². The van der Waals surface area contributed by atoms with Gasteiger partial charge in [-0.3, -0.25) is 14.4 Å². The molecular formula is C33H38BrN3O6. The average molecular weight is 653 g/mol. The van der Waals surface area contributed by atoms with E-state index in [1.165, 1.54) is 4.90 Å². The zero-order valence-corrected chi connectivity index (χ0v) is 25.9. The number of hydrogen-bond acceptors (Lipinski definition) is 6. The van der Waals surface area contributed by atoms with Crippen molar-refractivity contribution in [3.8, 4) is 5.75 Å². The number of likely N-dealkylation sites (tertiary alicyclic amines) is 1. The maximum atomic E-state index is 14.4. The van der Waals surface area contributed by atoms with Crippen molar-refractivity contribution >= 4 is 39.3 Å². The lowest BCUT2D eigenvalue weighted by Crippen LogP contribution is -2.57. The monoisotopic (exact) mass is 651 g/mol. The van der Waals surface area contributed by atoms with Crippen LogP contribution >= 0.6 is 15.9 Å². The van der Waals surface area contributed by atoms with E-state index in [9.17, 15) is 19.5 Å². The normalized spacial score (nSPS) is 27.1. The minimum Gasteiger partial charge on any atom is -0.494 e. The van der Waals surface area contributed by atoms with Gasteiger partial charge in [-0.1, -0.05) is 58.4 Å². The van der Waals surface area contributed by atoms with Gasteiger partial charge in [-0.15, -0.1) is 13.2 Å². The first-order valence-electron chi connectivity index (χ1n) is 14.6. The Morgan fingerprint density at radius 3 is 2.44 bits per heavy atom. The van der Waals surface area contributed by atoms with Crippen LogP contribution in [0.5, 0.6) is 5.75 Å². The molecule has 3 aliphatic heterocycles. The summed E-state index contributed by atoms with van der Waals surface area (Å²) >= 11 is 3.73. The molecule has 0 saturated carbocycles. The fourth-order valence-corrected chi connectivity index (χ4v) is 7.87. The number of nitrogens with zero attached hydrogens (tertiary/aromatic N) is 3. The smallest absolute Gasteiger partial charge is 0.248 e. The first kappa shape index (κ1) is 31.0. The third-order valence-corrected chi connectivity index (χ3v) is 9.41. The van der Waals surface area contributed by atoms with E-state index >= 15 is 0 Å². The Hall–Kier alpha value is -3.47. The highest BCUT2D eigenvalue weighted by atomic mass is 79.9. The number of fused-ring (bicyclic) bond motifs is 1. The SMILES string of the molecule is C=CCN(Cc1ccccc1)C(=O)C1N(CCO)C(=O)[C@@H]2[C@@H](C(=O)N(CC=C)c3ccc(OCC)cc3)[C@@H]3OC12CC3Br. The lowest BCUT2D eigenvalue weighted by Gasteiger charge is -2.37. The topological polar surface area (TPSA) is 99.6 Å². The number of halogens is 1. The second-order valence-corrected chi connectivity index (χ2v) is 12.3. The predicted molar refractivity (Wildman–Crippen MR) is 167 cm³/mol. The van der Waals surface area contributed by atoms with Crippen LogP contribution in [0.4, 0.5) is 5.69 Å². The lowest BCUT2D eigenvalue weighted by molar-refractivity contribution is -0.148. The Bertz CT molecular complexity index is 1350. The van der Waals surface area contributed by atoms with Gasteiger partial charge in [0.1, 0.15) is 17.4 Å². The molecule has 3 fully saturated rings. The molecule has 10 heteroatoms. The van der Waals surface area contributed by atoms with Gasteiger partial charge in [0.15, 0.2) is 0 Å². The Kier molecular flexibility index (Phi) is 9.39. The molecule has 3 unspecified atom stereocenters. The summed E-state index contributed by atoms with van der Waals surface area (Å²) in [5.74, 6) is -1.95. The van der Waals surface area contributed by atoms with Gasteiger partial charge in [0.05, 0.1) is 31.2 Å². The predicted octanol–water partition coefficient (Wildman–Crippen LogP) is 3.56. The number of alkyl halides is 1. The molecule has 3 aliphatic rings. The van der Waals surface area contributed by atoms with Gasteiger partial charge >= 0.3 is 0 Å². The van der Waals surface area contributed by atoms with E-state index < -0.39 is 29.6 Å². The largest absolute Gasteiger partial charge is 0.494 e. The van der Waals surface area contributed by atoms with E-state index in [2.05, 4.69) is 29.1 Å². The maximum absolute atomic E-state index is 14.4. The van der Waals surface area contributed by atoms with Crippen molar-refractivity contribution in [1.29, 1.82) is 0 Å². The van der Waals surface area contributed by atoms with E-state index in [0.717, 1.165) is 5.56 Å². The average Bonchev–Trinajstić information content (AvgIpc) is 3.60. The molecule has 3 saturated heterocycles. The van der Waals surface area contributed by atoms with Gasteiger partial charge in [-0.25, -0.2) is 0 Å². The van der Waals surface area contributed by atoms with Crippen LogP contribution in [-0.2, 0) is 25.7 Å². The second-order valence-electron chi connectivity index (χ2n) is 11.1. The van der Waals surface area contributed by atoms with Crippen molar-refractivity contribution in [3.63, 3.8) is 0 Å². The summed E-state index contributed by atoms with van der Waals surface area (Å²) in [4.78, 5) is 47.4. The maximum Gasteiger partial charge on any atom is 0.248 e. The highest BCUT2D eigenvalue weighted by Gasteiger charge is 2.76. The molecule has 9 nitrogen and oxygen atoms in total. The molecule has 0 aromatic heterocycles. The van der Waals surface area contributed by atoms with Crippen molar-refractivity contribution in [2.45, 2.75) is 42.5 Å². The number of amides is 3. The zero-order chi connectivity index (χ0) is 30.7. The van der Waals surface area contributed by atoms with Crippen LogP contribution in [0.2, 0.25) is 0 Å². The second kappa shape index (κ2) is 13.0. The van der Waals surface area contributed by atoms with Crippen LogP contribution < -0.4 is 9.64 Å². The summed E-state index contributed by atoms with van der Waals surface area (Å²) in [5.41, 5.74) is 0.349. The van der Waals surface area contributed by atoms with E-state index in [0.29, 0.717) is 31.0 Å². The van der Waals surface area contributed by atoms with E-state index in [1.807, 2.05) is 37.3 Å². The Morgan fingerprint density at radius 1 is 1.12 bits per heavy atom. The Balaban J connectivity index is 1.51. The third kappa shape index (κ3) is 5.52. The van der Waals surface area contributed by atoms with Crippen molar-refractivity contribution in [2.75, 3.05) is 37.7 Å². The van der Waals surface area contributed by atoms with Crippen LogP contribution in [0, 0.1) is 11.8 Å². The number of carbonyl (C=O) groups is 3. The zero-order valence-electron chi connectivity index (χ0n) is 24.3. The molecule has 2 aromatic rings. The summed E-state index contributed by atoms with van der Waals surface area (Å²) in [6.45, 7) is 10.6. The molecule has 5 rings (SSSR count). The number of anilines is 1. The molecule has 0 radical (unpaired) electrons. The van der Waals surface area contributed by atoms with Crippen molar-refractivity contribution in [2.24, 2.45) is 11.8 Å². The fourth-order valence-electron chi connectivity index (χ4n) is 6.92. The van der Waals surface area contributed by atoms with Crippen LogP contribution in [0.1, 0.15) is 18.9 Å². The number of rotatable bonds is 13. The number of ether oxygens (including phenoxy) is 2. The van der Waals surface area contributed by atoms with E-state index in [-0.39, 0.29) is 48.8 Å². The molecule has 0 aliphatic carbocycles.